The fourth-order valence-electron chi connectivity index (χ4n) is 1.51. The van der Waals surface area contributed by atoms with Gasteiger partial charge in [-0.15, -0.1) is 0 Å². The maximum absolute atomic E-state index is 10.7. The van der Waals surface area contributed by atoms with E-state index < -0.39 is 5.97 Å². The minimum absolute atomic E-state index is 0.00689. The van der Waals surface area contributed by atoms with Crippen molar-refractivity contribution in [2.24, 2.45) is 0 Å². The van der Waals surface area contributed by atoms with E-state index in [0.717, 1.165) is 10.2 Å². The van der Waals surface area contributed by atoms with Crippen LogP contribution in [0.1, 0.15) is 0 Å². The van der Waals surface area contributed by atoms with Crippen molar-refractivity contribution in [3.63, 3.8) is 0 Å². The molecule has 1 N–H and O–H groups in total. The van der Waals surface area contributed by atoms with Crippen molar-refractivity contribution in [2.75, 3.05) is 40.0 Å². The predicted molar refractivity (Wildman–Crippen MR) is 75.6 cm³/mol. The van der Waals surface area contributed by atoms with Crippen LogP contribution in [0.2, 0.25) is 0 Å². The molecule has 5 nitrogen and oxygen atoms in total. The molecule has 6 heteroatoms. The Morgan fingerprint density at radius 1 is 1.26 bits per heavy atom. The van der Waals surface area contributed by atoms with Gasteiger partial charge in [-0.1, -0.05) is 15.9 Å². The lowest BCUT2D eigenvalue weighted by Crippen LogP contribution is -2.35. The van der Waals surface area contributed by atoms with Gasteiger partial charge in [-0.3, -0.25) is 9.69 Å². The first-order valence-electron chi connectivity index (χ1n) is 5.93. The summed E-state index contributed by atoms with van der Waals surface area (Å²) in [5.74, 6) is -0.0787. The molecule has 0 amide bonds. The fraction of sp³-hybridized carbons (Fsp3) is 0.462. The van der Waals surface area contributed by atoms with E-state index in [0.29, 0.717) is 26.3 Å². The topological polar surface area (TPSA) is 59.0 Å². The summed E-state index contributed by atoms with van der Waals surface area (Å²) in [4.78, 5) is 12.5. The Balaban J connectivity index is 2.34. The molecule has 0 fully saturated rings. The lowest BCUT2D eigenvalue weighted by Gasteiger charge is -2.19. The normalized spacial score (nSPS) is 10.7. The van der Waals surface area contributed by atoms with Gasteiger partial charge in [0.05, 0.1) is 13.2 Å². The molecular formula is C13H18BrNO4. The minimum atomic E-state index is -0.847. The quantitative estimate of drug-likeness (QED) is 0.748. The standard InChI is InChI=1S/C13H18BrNO4/c1-18-8-6-15(10-13(16)17)7-9-19-12-4-2-11(14)3-5-12/h2-5H,6-10H2,1H3,(H,16,17). The van der Waals surface area contributed by atoms with Crippen molar-refractivity contribution in [3.8, 4) is 5.75 Å². The summed E-state index contributed by atoms with van der Waals surface area (Å²) < 4.78 is 11.5. The number of hydrogen-bond acceptors (Lipinski definition) is 4. The molecule has 0 atom stereocenters. The molecule has 1 rings (SSSR count). The molecule has 0 saturated heterocycles. The van der Waals surface area contributed by atoms with E-state index in [1.807, 2.05) is 24.3 Å². The average Bonchev–Trinajstić information content (AvgIpc) is 2.37. The molecule has 1 aromatic rings. The van der Waals surface area contributed by atoms with Crippen molar-refractivity contribution in [2.45, 2.75) is 0 Å². The summed E-state index contributed by atoms with van der Waals surface area (Å²) in [6.07, 6.45) is 0. The Bertz CT molecular complexity index is 383. The Kier molecular flexibility index (Phi) is 7.47. The zero-order chi connectivity index (χ0) is 14.1. The van der Waals surface area contributed by atoms with Crippen LogP contribution < -0.4 is 4.74 Å². The second-order valence-electron chi connectivity index (χ2n) is 3.97. The zero-order valence-corrected chi connectivity index (χ0v) is 12.4. The number of benzene rings is 1. The SMILES string of the molecule is COCCN(CCOc1ccc(Br)cc1)CC(=O)O. The van der Waals surface area contributed by atoms with Crippen molar-refractivity contribution >= 4 is 21.9 Å². The maximum atomic E-state index is 10.7. The number of carbonyl (C=O) groups is 1. The highest BCUT2D eigenvalue weighted by Gasteiger charge is 2.09. The first-order chi connectivity index (χ1) is 9.11. The van der Waals surface area contributed by atoms with E-state index in [9.17, 15) is 4.79 Å². The van der Waals surface area contributed by atoms with E-state index in [-0.39, 0.29) is 6.54 Å². The van der Waals surface area contributed by atoms with Gasteiger partial charge in [-0.05, 0) is 24.3 Å². The van der Waals surface area contributed by atoms with Gasteiger partial charge in [-0.25, -0.2) is 0 Å². The van der Waals surface area contributed by atoms with Crippen LogP contribution in [0.5, 0.6) is 5.75 Å². The van der Waals surface area contributed by atoms with Crippen molar-refractivity contribution < 1.29 is 19.4 Å². The zero-order valence-electron chi connectivity index (χ0n) is 10.8. The molecule has 0 saturated carbocycles. The van der Waals surface area contributed by atoms with Crippen LogP contribution in [0.25, 0.3) is 0 Å². The van der Waals surface area contributed by atoms with Crippen LogP contribution in [0.15, 0.2) is 28.7 Å². The molecule has 0 aliphatic carbocycles. The second kappa shape index (κ2) is 8.90. The largest absolute Gasteiger partial charge is 0.492 e. The molecule has 0 aromatic heterocycles. The molecule has 0 radical (unpaired) electrons. The molecular weight excluding hydrogens is 314 g/mol. The molecule has 0 aliphatic rings. The van der Waals surface area contributed by atoms with E-state index in [1.165, 1.54) is 0 Å². The van der Waals surface area contributed by atoms with E-state index in [4.69, 9.17) is 14.6 Å². The number of rotatable bonds is 9. The third kappa shape index (κ3) is 7.15. The molecule has 0 spiro atoms. The van der Waals surface area contributed by atoms with Gasteiger partial charge < -0.3 is 14.6 Å². The van der Waals surface area contributed by atoms with Crippen molar-refractivity contribution in [1.29, 1.82) is 0 Å². The lowest BCUT2D eigenvalue weighted by atomic mass is 10.3. The van der Waals surface area contributed by atoms with Gasteiger partial charge >= 0.3 is 5.97 Å². The molecule has 106 valence electrons. The first-order valence-corrected chi connectivity index (χ1v) is 6.72. The van der Waals surface area contributed by atoms with Crippen LogP contribution in [0.4, 0.5) is 0 Å². The van der Waals surface area contributed by atoms with Gasteiger partial charge in [0.15, 0.2) is 0 Å². The van der Waals surface area contributed by atoms with Gasteiger partial charge in [0.2, 0.25) is 0 Å². The molecule has 0 unspecified atom stereocenters. The molecule has 0 bridgehead atoms. The highest BCUT2D eigenvalue weighted by atomic mass is 79.9. The molecule has 0 heterocycles. The highest BCUT2D eigenvalue weighted by molar-refractivity contribution is 9.10. The van der Waals surface area contributed by atoms with E-state index >= 15 is 0 Å². The highest BCUT2D eigenvalue weighted by Crippen LogP contribution is 2.15. The van der Waals surface area contributed by atoms with Gasteiger partial charge in [0.1, 0.15) is 12.4 Å². The minimum Gasteiger partial charge on any atom is -0.492 e. The number of carboxylic acid groups (broad SMARTS) is 1. The molecule has 19 heavy (non-hydrogen) atoms. The monoisotopic (exact) mass is 331 g/mol. The summed E-state index contributed by atoms with van der Waals surface area (Å²) in [6.45, 7) is 2.06. The van der Waals surface area contributed by atoms with Crippen LogP contribution in [0, 0.1) is 0 Å². The first kappa shape index (κ1) is 15.9. The maximum Gasteiger partial charge on any atom is 0.317 e. The van der Waals surface area contributed by atoms with Gasteiger partial charge in [-0.2, -0.15) is 0 Å². The lowest BCUT2D eigenvalue weighted by molar-refractivity contribution is -0.138. The number of methoxy groups -OCH3 is 1. The summed E-state index contributed by atoms with van der Waals surface area (Å²) in [5.41, 5.74) is 0. The molecule has 0 aliphatic heterocycles. The number of hydrogen-bond donors (Lipinski definition) is 1. The predicted octanol–water partition coefficient (Wildman–Crippen LogP) is 1.86. The third-order valence-electron chi connectivity index (χ3n) is 2.46. The van der Waals surface area contributed by atoms with Crippen LogP contribution >= 0.6 is 15.9 Å². The van der Waals surface area contributed by atoms with Crippen molar-refractivity contribution in [3.05, 3.63) is 28.7 Å². The molecule has 1 aromatic carbocycles. The Labute approximate surface area is 121 Å². The number of aliphatic carboxylic acids is 1. The summed E-state index contributed by atoms with van der Waals surface area (Å²) in [7, 11) is 1.59. The summed E-state index contributed by atoms with van der Waals surface area (Å²) >= 11 is 3.35. The third-order valence-corrected chi connectivity index (χ3v) is 2.99. The Hall–Kier alpha value is -1.11. The number of halogens is 1. The van der Waals surface area contributed by atoms with Crippen LogP contribution in [-0.2, 0) is 9.53 Å². The van der Waals surface area contributed by atoms with E-state index in [1.54, 1.807) is 12.0 Å². The second-order valence-corrected chi connectivity index (χ2v) is 4.88. The van der Waals surface area contributed by atoms with Crippen LogP contribution in [0.3, 0.4) is 0 Å². The Morgan fingerprint density at radius 2 is 1.89 bits per heavy atom. The van der Waals surface area contributed by atoms with Crippen LogP contribution in [-0.4, -0.2) is 55.9 Å². The number of ether oxygens (including phenoxy) is 2. The smallest absolute Gasteiger partial charge is 0.317 e. The van der Waals surface area contributed by atoms with Gasteiger partial charge in [0, 0.05) is 24.7 Å². The van der Waals surface area contributed by atoms with Crippen molar-refractivity contribution in [1.82, 2.24) is 4.90 Å². The fourth-order valence-corrected chi connectivity index (χ4v) is 1.77. The van der Waals surface area contributed by atoms with E-state index in [2.05, 4.69) is 15.9 Å². The Morgan fingerprint density at radius 3 is 2.47 bits per heavy atom. The summed E-state index contributed by atoms with van der Waals surface area (Å²) in [5, 5.41) is 8.80. The number of carboxylic acids is 1. The number of nitrogens with zero attached hydrogens (tertiary/aromatic N) is 1. The average molecular weight is 332 g/mol. The summed E-state index contributed by atoms with van der Waals surface area (Å²) in [6, 6.07) is 7.52. The van der Waals surface area contributed by atoms with Gasteiger partial charge in [0.25, 0.3) is 0 Å².